The predicted molar refractivity (Wildman–Crippen MR) is 74.5 cm³/mol. The summed E-state index contributed by atoms with van der Waals surface area (Å²) in [5.41, 5.74) is 1.64. The summed E-state index contributed by atoms with van der Waals surface area (Å²) in [7, 11) is 0. The third-order valence-corrected chi connectivity index (χ3v) is 3.03. The first-order chi connectivity index (χ1) is 9.39. The van der Waals surface area contributed by atoms with Crippen molar-refractivity contribution in [2.24, 2.45) is 4.99 Å². The molecule has 0 amide bonds. The zero-order valence-corrected chi connectivity index (χ0v) is 11.2. The average molecular weight is 277 g/mol. The minimum Gasteiger partial charge on any atom is -0.252 e. The molecule has 4 heteroatoms. The van der Waals surface area contributed by atoms with Crippen molar-refractivity contribution in [2.45, 2.75) is 20.0 Å². The zero-order valence-electron chi connectivity index (χ0n) is 11.2. The molecule has 0 spiro atoms. The monoisotopic (exact) mass is 277 g/mol. The standard InChI is InChI=1S/C16H14F3N/c1-11-7-3-4-8-13(11)12(2)20-15-10-6-5-9-14(15)16(17,18)19/h3-10H,1-2H3/b20-12+. The molecular weight excluding hydrogens is 263 g/mol. The van der Waals surface area contributed by atoms with E-state index >= 15 is 0 Å². The number of halogens is 3. The van der Waals surface area contributed by atoms with Gasteiger partial charge < -0.3 is 0 Å². The van der Waals surface area contributed by atoms with Crippen molar-refractivity contribution in [3.63, 3.8) is 0 Å². The van der Waals surface area contributed by atoms with E-state index in [1.807, 2.05) is 31.2 Å². The van der Waals surface area contributed by atoms with E-state index in [1.54, 1.807) is 13.0 Å². The Morgan fingerprint density at radius 3 is 2.20 bits per heavy atom. The lowest BCUT2D eigenvalue weighted by molar-refractivity contribution is -0.137. The Morgan fingerprint density at radius 1 is 0.950 bits per heavy atom. The van der Waals surface area contributed by atoms with Crippen molar-refractivity contribution in [1.29, 1.82) is 0 Å². The fourth-order valence-electron chi connectivity index (χ4n) is 2.03. The predicted octanol–water partition coefficient (Wildman–Crippen LogP) is 5.15. The second-order valence-corrected chi connectivity index (χ2v) is 4.53. The fraction of sp³-hybridized carbons (Fsp3) is 0.188. The van der Waals surface area contributed by atoms with Gasteiger partial charge in [-0.3, -0.25) is 4.99 Å². The third kappa shape index (κ3) is 3.07. The van der Waals surface area contributed by atoms with Crippen LogP contribution in [0.15, 0.2) is 53.5 Å². The van der Waals surface area contributed by atoms with Crippen molar-refractivity contribution in [1.82, 2.24) is 0 Å². The normalized spacial score (nSPS) is 12.6. The highest BCUT2D eigenvalue weighted by molar-refractivity contribution is 6.01. The number of benzene rings is 2. The van der Waals surface area contributed by atoms with Crippen LogP contribution in [0.3, 0.4) is 0 Å². The van der Waals surface area contributed by atoms with E-state index in [-0.39, 0.29) is 5.69 Å². The molecule has 0 aromatic heterocycles. The van der Waals surface area contributed by atoms with Crippen LogP contribution in [0.1, 0.15) is 23.6 Å². The molecule has 0 heterocycles. The van der Waals surface area contributed by atoms with Crippen LogP contribution in [0, 0.1) is 6.92 Å². The summed E-state index contributed by atoms with van der Waals surface area (Å²) in [6, 6.07) is 12.8. The number of nitrogens with zero attached hydrogens (tertiary/aromatic N) is 1. The Morgan fingerprint density at radius 2 is 1.55 bits per heavy atom. The van der Waals surface area contributed by atoms with Crippen molar-refractivity contribution in [3.05, 3.63) is 65.2 Å². The van der Waals surface area contributed by atoms with E-state index in [0.29, 0.717) is 5.71 Å². The number of hydrogen-bond donors (Lipinski definition) is 0. The summed E-state index contributed by atoms with van der Waals surface area (Å²) in [5.74, 6) is 0. The topological polar surface area (TPSA) is 12.4 Å². The van der Waals surface area contributed by atoms with Gasteiger partial charge in [0.1, 0.15) is 0 Å². The molecule has 0 atom stereocenters. The number of alkyl halides is 3. The summed E-state index contributed by atoms with van der Waals surface area (Å²) >= 11 is 0. The molecule has 2 aromatic carbocycles. The molecular formula is C16H14F3N. The first-order valence-electron chi connectivity index (χ1n) is 6.17. The van der Waals surface area contributed by atoms with Crippen molar-refractivity contribution in [2.75, 3.05) is 0 Å². The van der Waals surface area contributed by atoms with Gasteiger partial charge in [-0.25, -0.2) is 0 Å². The molecule has 20 heavy (non-hydrogen) atoms. The molecule has 0 aliphatic rings. The maximum absolute atomic E-state index is 12.9. The van der Waals surface area contributed by atoms with Crippen molar-refractivity contribution in [3.8, 4) is 0 Å². The molecule has 1 nitrogen and oxygen atoms in total. The highest BCUT2D eigenvalue weighted by Crippen LogP contribution is 2.36. The first kappa shape index (κ1) is 14.3. The number of hydrogen-bond acceptors (Lipinski definition) is 1. The van der Waals surface area contributed by atoms with E-state index < -0.39 is 11.7 Å². The average Bonchev–Trinajstić information content (AvgIpc) is 2.38. The third-order valence-electron chi connectivity index (χ3n) is 3.03. The highest BCUT2D eigenvalue weighted by atomic mass is 19.4. The summed E-state index contributed by atoms with van der Waals surface area (Å²) in [6.07, 6.45) is -4.40. The van der Waals surface area contributed by atoms with Crippen LogP contribution in [0.25, 0.3) is 0 Å². The van der Waals surface area contributed by atoms with Crippen LogP contribution in [-0.2, 0) is 6.18 Å². The summed E-state index contributed by atoms with van der Waals surface area (Å²) in [6.45, 7) is 3.62. The SMILES string of the molecule is C/C(=N\c1ccccc1C(F)(F)F)c1ccccc1C. The molecule has 0 saturated heterocycles. The van der Waals surface area contributed by atoms with E-state index in [1.165, 1.54) is 12.1 Å². The Bertz CT molecular complexity index is 642. The van der Waals surface area contributed by atoms with Gasteiger partial charge in [-0.1, -0.05) is 36.4 Å². The molecule has 0 aliphatic heterocycles. The van der Waals surface area contributed by atoms with Gasteiger partial charge in [-0.15, -0.1) is 0 Å². The summed E-state index contributed by atoms with van der Waals surface area (Å²) < 4.78 is 38.7. The Kier molecular flexibility index (Phi) is 3.93. The largest absolute Gasteiger partial charge is 0.418 e. The van der Waals surface area contributed by atoms with E-state index in [9.17, 15) is 13.2 Å². The maximum Gasteiger partial charge on any atom is 0.418 e. The van der Waals surface area contributed by atoms with Gasteiger partial charge in [0.15, 0.2) is 0 Å². The van der Waals surface area contributed by atoms with Crippen LogP contribution >= 0.6 is 0 Å². The first-order valence-corrected chi connectivity index (χ1v) is 6.17. The van der Waals surface area contributed by atoms with Gasteiger partial charge in [0.05, 0.1) is 11.3 Å². The van der Waals surface area contributed by atoms with Gasteiger partial charge in [0.2, 0.25) is 0 Å². The van der Waals surface area contributed by atoms with Crippen LogP contribution in [0.4, 0.5) is 18.9 Å². The molecule has 0 unspecified atom stereocenters. The van der Waals surface area contributed by atoms with Crippen LogP contribution in [-0.4, -0.2) is 5.71 Å². The van der Waals surface area contributed by atoms with Crippen molar-refractivity contribution >= 4 is 11.4 Å². The molecule has 2 aromatic rings. The lowest BCUT2D eigenvalue weighted by Gasteiger charge is -2.11. The van der Waals surface area contributed by atoms with Gasteiger partial charge in [0, 0.05) is 5.71 Å². The van der Waals surface area contributed by atoms with Crippen LogP contribution in [0.5, 0.6) is 0 Å². The summed E-state index contributed by atoms with van der Waals surface area (Å²) in [4.78, 5) is 4.15. The van der Waals surface area contributed by atoms with Crippen molar-refractivity contribution < 1.29 is 13.2 Å². The second kappa shape index (κ2) is 5.49. The van der Waals surface area contributed by atoms with Gasteiger partial charge >= 0.3 is 6.18 Å². The molecule has 0 fully saturated rings. The minimum absolute atomic E-state index is 0.0549. The molecule has 0 saturated carbocycles. The van der Waals surface area contributed by atoms with E-state index in [2.05, 4.69) is 4.99 Å². The summed E-state index contributed by atoms with van der Waals surface area (Å²) in [5, 5.41) is 0. The minimum atomic E-state index is -4.40. The molecule has 0 aliphatic carbocycles. The fourth-order valence-corrected chi connectivity index (χ4v) is 2.03. The molecule has 0 radical (unpaired) electrons. The molecule has 0 N–H and O–H groups in total. The molecule has 104 valence electrons. The lowest BCUT2D eigenvalue weighted by atomic mass is 10.0. The number of rotatable bonds is 2. The lowest BCUT2D eigenvalue weighted by Crippen LogP contribution is -2.06. The number of aliphatic imine (C=N–C) groups is 1. The highest BCUT2D eigenvalue weighted by Gasteiger charge is 2.33. The smallest absolute Gasteiger partial charge is 0.252 e. The zero-order chi connectivity index (χ0) is 14.8. The molecule has 0 bridgehead atoms. The Hall–Kier alpha value is -2.10. The Balaban J connectivity index is 2.49. The number of aryl methyl sites for hydroxylation is 1. The van der Waals surface area contributed by atoms with Crippen LogP contribution < -0.4 is 0 Å². The Labute approximate surface area is 115 Å². The van der Waals surface area contributed by atoms with Gasteiger partial charge in [-0.05, 0) is 37.1 Å². The van der Waals surface area contributed by atoms with Crippen LogP contribution in [0.2, 0.25) is 0 Å². The second-order valence-electron chi connectivity index (χ2n) is 4.53. The van der Waals surface area contributed by atoms with E-state index in [0.717, 1.165) is 17.2 Å². The van der Waals surface area contributed by atoms with Gasteiger partial charge in [0.25, 0.3) is 0 Å². The maximum atomic E-state index is 12.9. The number of para-hydroxylation sites is 1. The van der Waals surface area contributed by atoms with E-state index in [4.69, 9.17) is 0 Å². The molecule has 2 rings (SSSR count). The van der Waals surface area contributed by atoms with Gasteiger partial charge in [-0.2, -0.15) is 13.2 Å². The quantitative estimate of drug-likeness (QED) is 0.673.